The van der Waals surface area contributed by atoms with E-state index in [1.54, 1.807) is 18.3 Å². The number of hydrogen-bond acceptors (Lipinski definition) is 4. The highest BCUT2D eigenvalue weighted by Crippen LogP contribution is 2.37. The minimum Gasteiger partial charge on any atom is -0.490 e. The maximum Gasteiger partial charge on any atom is 0.175 e. The van der Waals surface area contributed by atoms with Crippen LogP contribution in [0.25, 0.3) is 0 Å². The van der Waals surface area contributed by atoms with E-state index in [1.165, 1.54) is 0 Å². The van der Waals surface area contributed by atoms with Gasteiger partial charge in [-0.15, -0.1) is 0 Å². The Morgan fingerprint density at radius 1 is 1.03 bits per heavy atom. The number of hydrogen-bond donors (Lipinski definition) is 1. The van der Waals surface area contributed by atoms with Crippen molar-refractivity contribution in [2.24, 2.45) is 5.10 Å². The fourth-order valence-corrected chi connectivity index (χ4v) is 3.59. The molecule has 0 fully saturated rings. The number of para-hydroxylation sites is 1. The van der Waals surface area contributed by atoms with Crippen molar-refractivity contribution >= 4 is 51.0 Å². The molecule has 0 spiro atoms. The summed E-state index contributed by atoms with van der Waals surface area (Å²) in [7, 11) is 0. The van der Waals surface area contributed by atoms with Gasteiger partial charge in [-0.05, 0) is 64.8 Å². The minimum absolute atomic E-state index is 0.289. The van der Waals surface area contributed by atoms with Crippen LogP contribution in [0.1, 0.15) is 18.1 Å². The van der Waals surface area contributed by atoms with Crippen molar-refractivity contribution in [3.05, 3.63) is 86.3 Å². The molecule has 0 heterocycles. The maximum absolute atomic E-state index is 6.24. The molecule has 4 nitrogen and oxygen atoms in total. The van der Waals surface area contributed by atoms with Crippen molar-refractivity contribution in [1.29, 1.82) is 0 Å². The van der Waals surface area contributed by atoms with E-state index in [9.17, 15) is 0 Å². The highest BCUT2D eigenvalue weighted by atomic mass is 79.9. The van der Waals surface area contributed by atoms with Crippen molar-refractivity contribution < 1.29 is 9.47 Å². The smallest absolute Gasteiger partial charge is 0.175 e. The average Bonchev–Trinajstić information content (AvgIpc) is 2.70. The average molecular weight is 494 g/mol. The molecule has 0 aromatic heterocycles. The van der Waals surface area contributed by atoms with Gasteiger partial charge in [0, 0.05) is 15.6 Å². The zero-order valence-electron chi connectivity index (χ0n) is 15.7. The highest BCUT2D eigenvalue weighted by molar-refractivity contribution is 9.10. The topological polar surface area (TPSA) is 42.8 Å². The van der Waals surface area contributed by atoms with Crippen molar-refractivity contribution in [2.75, 3.05) is 12.0 Å². The van der Waals surface area contributed by atoms with Crippen LogP contribution in [0.3, 0.4) is 0 Å². The number of nitrogens with zero attached hydrogens (tertiary/aromatic N) is 1. The molecule has 3 rings (SSSR count). The Morgan fingerprint density at radius 2 is 1.83 bits per heavy atom. The third-order valence-corrected chi connectivity index (χ3v) is 5.08. The Balaban J connectivity index is 1.76. The molecule has 0 saturated carbocycles. The molecule has 0 atom stereocenters. The van der Waals surface area contributed by atoms with Crippen LogP contribution in [0.5, 0.6) is 11.5 Å². The van der Waals surface area contributed by atoms with E-state index < -0.39 is 0 Å². The molecule has 0 aliphatic carbocycles. The second kappa shape index (κ2) is 10.5. The lowest BCUT2D eigenvalue weighted by atomic mass is 10.2. The van der Waals surface area contributed by atoms with Crippen molar-refractivity contribution in [2.45, 2.75) is 13.5 Å². The van der Waals surface area contributed by atoms with Crippen LogP contribution in [0.4, 0.5) is 5.69 Å². The summed E-state index contributed by atoms with van der Waals surface area (Å²) in [5.74, 6) is 1.22. The van der Waals surface area contributed by atoms with E-state index in [0.29, 0.717) is 28.2 Å². The monoisotopic (exact) mass is 492 g/mol. The fraction of sp³-hybridized carbons (Fsp3) is 0.136. The minimum atomic E-state index is 0.289. The molecular formula is C22H19BrCl2N2O2. The van der Waals surface area contributed by atoms with E-state index in [0.717, 1.165) is 21.3 Å². The molecule has 0 amide bonds. The molecule has 1 N–H and O–H groups in total. The predicted molar refractivity (Wildman–Crippen MR) is 124 cm³/mol. The van der Waals surface area contributed by atoms with Gasteiger partial charge in [0.05, 0.1) is 23.0 Å². The molecule has 3 aromatic rings. The molecule has 7 heteroatoms. The summed E-state index contributed by atoms with van der Waals surface area (Å²) in [6.45, 7) is 2.72. The molecular weight excluding hydrogens is 475 g/mol. The van der Waals surface area contributed by atoms with Crippen LogP contribution < -0.4 is 14.9 Å². The van der Waals surface area contributed by atoms with Crippen molar-refractivity contribution in [3.63, 3.8) is 0 Å². The van der Waals surface area contributed by atoms with E-state index in [4.69, 9.17) is 32.7 Å². The van der Waals surface area contributed by atoms with E-state index in [-0.39, 0.29) is 6.61 Å². The SMILES string of the molecule is CCOc1cc(/C=N\Nc2ccccc2)cc(Br)c1OCc1ccc(Cl)cc1Cl. The number of nitrogens with one attached hydrogen (secondary N) is 1. The van der Waals surface area contributed by atoms with E-state index in [2.05, 4.69) is 26.5 Å². The number of rotatable bonds is 8. The Morgan fingerprint density at radius 3 is 2.55 bits per heavy atom. The van der Waals surface area contributed by atoms with Gasteiger partial charge in [0.1, 0.15) is 6.61 Å². The Bertz CT molecular complexity index is 998. The van der Waals surface area contributed by atoms with E-state index >= 15 is 0 Å². The van der Waals surface area contributed by atoms with Gasteiger partial charge in [-0.3, -0.25) is 5.43 Å². The summed E-state index contributed by atoms with van der Waals surface area (Å²) >= 11 is 15.8. The molecule has 150 valence electrons. The molecule has 0 aliphatic rings. The van der Waals surface area contributed by atoms with Gasteiger partial charge in [-0.25, -0.2) is 0 Å². The summed E-state index contributed by atoms with van der Waals surface area (Å²) in [4.78, 5) is 0. The first-order valence-corrected chi connectivity index (χ1v) is 10.5. The summed E-state index contributed by atoms with van der Waals surface area (Å²) < 4.78 is 12.5. The third-order valence-electron chi connectivity index (χ3n) is 3.90. The van der Waals surface area contributed by atoms with E-state index in [1.807, 2.05) is 55.5 Å². The van der Waals surface area contributed by atoms with Crippen LogP contribution in [-0.2, 0) is 6.61 Å². The molecule has 3 aromatic carbocycles. The second-order valence-electron chi connectivity index (χ2n) is 6.02. The first-order valence-electron chi connectivity index (χ1n) is 8.94. The zero-order valence-corrected chi connectivity index (χ0v) is 18.8. The quantitative estimate of drug-likeness (QED) is 0.267. The number of halogens is 3. The molecule has 0 saturated heterocycles. The summed E-state index contributed by atoms with van der Waals surface area (Å²) in [5.41, 5.74) is 5.60. The van der Waals surface area contributed by atoms with Crippen LogP contribution in [-0.4, -0.2) is 12.8 Å². The lowest BCUT2D eigenvalue weighted by Gasteiger charge is -2.15. The van der Waals surface area contributed by atoms with Crippen molar-refractivity contribution in [3.8, 4) is 11.5 Å². The number of anilines is 1. The Kier molecular flexibility index (Phi) is 7.81. The first-order chi connectivity index (χ1) is 14.1. The number of ether oxygens (including phenoxy) is 2. The molecule has 0 radical (unpaired) electrons. The van der Waals surface area contributed by atoms with Crippen LogP contribution in [0, 0.1) is 0 Å². The lowest BCUT2D eigenvalue weighted by molar-refractivity contribution is 0.267. The summed E-state index contributed by atoms with van der Waals surface area (Å²) in [6.07, 6.45) is 1.72. The zero-order chi connectivity index (χ0) is 20.6. The lowest BCUT2D eigenvalue weighted by Crippen LogP contribution is -2.02. The normalized spacial score (nSPS) is 10.9. The fourth-order valence-electron chi connectivity index (χ4n) is 2.55. The van der Waals surface area contributed by atoms with Gasteiger partial charge in [0.15, 0.2) is 11.5 Å². The van der Waals surface area contributed by atoms with Gasteiger partial charge >= 0.3 is 0 Å². The second-order valence-corrected chi connectivity index (χ2v) is 7.72. The van der Waals surface area contributed by atoms with Gasteiger partial charge in [0.2, 0.25) is 0 Å². The van der Waals surface area contributed by atoms with Gasteiger partial charge in [-0.1, -0.05) is 47.5 Å². The van der Waals surface area contributed by atoms with Crippen LogP contribution >= 0.6 is 39.1 Å². The van der Waals surface area contributed by atoms with Crippen LogP contribution in [0.15, 0.2) is 70.2 Å². The van der Waals surface area contributed by atoms with Gasteiger partial charge in [0.25, 0.3) is 0 Å². The summed E-state index contributed by atoms with van der Waals surface area (Å²) in [5, 5.41) is 5.42. The number of hydrazone groups is 1. The maximum atomic E-state index is 6.24. The third kappa shape index (κ3) is 6.13. The number of benzene rings is 3. The van der Waals surface area contributed by atoms with Gasteiger partial charge < -0.3 is 9.47 Å². The predicted octanol–water partition coefficient (Wildman–Crippen LogP) is 7.18. The Hall–Kier alpha value is -2.21. The van der Waals surface area contributed by atoms with Gasteiger partial charge in [-0.2, -0.15) is 5.10 Å². The standard InChI is InChI=1S/C22H19BrCl2N2O2/c1-2-28-21-11-15(13-26-27-18-6-4-3-5-7-18)10-19(23)22(21)29-14-16-8-9-17(24)12-20(16)25/h3-13,27H,2,14H2,1H3/b26-13-. The first kappa shape index (κ1) is 21.5. The Labute approximate surface area is 188 Å². The largest absolute Gasteiger partial charge is 0.490 e. The molecule has 0 aliphatic heterocycles. The van der Waals surface area contributed by atoms with Crippen LogP contribution in [0.2, 0.25) is 10.0 Å². The molecule has 0 bridgehead atoms. The van der Waals surface area contributed by atoms with Crippen molar-refractivity contribution in [1.82, 2.24) is 0 Å². The molecule has 0 unspecified atom stereocenters. The highest BCUT2D eigenvalue weighted by Gasteiger charge is 2.13. The summed E-state index contributed by atoms with van der Waals surface area (Å²) in [6, 6.07) is 18.8. The molecule has 29 heavy (non-hydrogen) atoms.